The monoisotopic (exact) mass is 370 g/mol. The molecule has 0 aliphatic rings. The maximum Gasteiger partial charge on any atom is 0.252 e. The van der Waals surface area contributed by atoms with Gasteiger partial charge in [0.1, 0.15) is 17.5 Å². The summed E-state index contributed by atoms with van der Waals surface area (Å²) in [7, 11) is 3.08. The maximum atomic E-state index is 12.8. The molecule has 0 heterocycles. The number of methoxy groups -OCH3 is 2. The summed E-state index contributed by atoms with van der Waals surface area (Å²) in [6.07, 6.45) is 0. The molecule has 0 bridgehead atoms. The summed E-state index contributed by atoms with van der Waals surface area (Å²) in [5.41, 5.74) is 1.95. The van der Waals surface area contributed by atoms with Gasteiger partial charge in [-0.3, -0.25) is 9.59 Å². The van der Waals surface area contributed by atoms with Crippen LogP contribution in [0.15, 0.2) is 42.5 Å². The van der Waals surface area contributed by atoms with Crippen LogP contribution in [0.3, 0.4) is 0 Å². The number of nitrogens with one attached hydrogen (secondary N) is 2. The van der Waals surface area contributed by atoms with Crippen LogP contribution in [-0.4, -0.2) is 32.1 Å². The van der Waals surface area contributed by atoms with Crippen LogP contribution in [0, 0.1) is 12.8 Å². The molecule has 2 rings (SSSR count). The lowest BCUT2D eigenvalue weighted by molar-refractivity contribution is -0.118. The van der Waals surface area contributed by atoms with Gasteiger partial charge in [-0.05, 0) is 24.5 Å². The number of anilines is 1. The Balaban J connectivity index is 2.18. The molecule has 0 aliphatic heterocycles. The van der Waals surface area contributed by atoms with E-state index in [1.807, 2.05) is 32.9 Å². The van der Waals surface area contributed by atoms with Crippen LogP contribution in [0.1, 0.15) is 29.8 Å². The van der Waals surface area contributed by atoms with Crippen molar-refractivity contribution in [1.82, 2.24) is 5.32 Å². The van der Waals surface area contributed by atoms with E-state index in [1.54, 1.807) is 44.6 Å². The van der Waals surface area contributed by atoms with Crippen LogP contribution in [0.25, 0.3) is 0 Å². The van der Waals surface area contributed by atoms with Crippen molar-refractivity contribution >= 4 is 17.5 Å². The quantitative estimate of drug-likeness (QED) is 0.783. The summed E-state index contributed by atoms with van der Waals surface area (Å²) in [5.74, 6) is 0.460. The first kappa shape index (κ1) is 20.3. The first-order chi connectivity index (χ1) is 12.8. The van der Waals surface area contributed by atoms with Crippen LogP contribution in [-0.2, 0) is 4.79 Å². The minimum absolute atomic E-state index is 0.0922. The zero-order valence-corrected chi connectivity index (χ0v) is 16.3. The van der Waals surface area contributed by atoms with Gasteiger partial charge in [0.2, 0.25) is 5.91 Å². The second-order valence-electron chi connectivity index (χ2n) is 6.60. The average Bonchev–Trinajstić information content (AvgIpc) is 2.65. The highest BCUT2D eigenvalue weighted by atomic mass is 16.5. The van der Waals surface area contributed by atoms with E-state index in [2.05, 4.69) is 10.6 Å². The fourth-order valence-electron chi connectivity index (χ4n) is 2.68. The van der Waals surface area contributed by atoms with Crippen molar-refractivity contribution in [2.75, 3.05) is 19.5 Å². The minimum atomic E-state index is -0.686. The van der Waals surface area contributed by atoms with E-state index < -0.39 is 6.04 Å². The number of aryl methyl sites for hydroxylation is 1. The molecule has 1 unspecified atom stereocenters. The largest absolute Gasteiger partial charge is 0.497 e. The van der Waals surface area contributed by atoms with E-state index in [0.29, 0.717) is 22.7 Å². The molecule has 6 heteroatoms. The highest BCUT2D eigenvalue weighted by molar-refractivity contribution is 6.02. The van der Waals surface area contributed by atoms with E-state index >= 15 is 0 Å². The minimum Gasteiger partial charge on any atom is -0.497 e. The highest BCUT2D eigenvalue weighted by Gasteiger charge is 2.25. The van der Waals surface area contributed by atoms with Gasteiger partial charge in [0.15, 0.2) is 0 Å². The molecule has 0 spiro atoms. The molecule has 0 saturated heterocycles. The summed E-state index contributed by atoms with van der Waals surface area (Å²) < 4.78 is 10.4. The van der Waals surface area contributed by atoms with Gasteiger partial charge in [0.25, 0.3) is 5.91 Å². The molecule has 0 aliphatic carbocycles. The third-order valence-electron chi connectivity index (χ3n) is 4.24. The second-order valence-corrected chi connectivity index (χ2v) is 6.60. The Morgan fingerprint density at radius 1 is 0.963 bits per heavy atom. The molecule has 0 radical (unpaired) electrons. The number of amides is 2. The van der Waals surface area contributed by atoms with Crippen LogP contribution in [0.5, 0.6) is 11.5 Å². The van der Waals surface area contributed by atoms with Crippen LogP contribution in [0.2, 0.25) is 0 Å². The Bertz CT molecular complexity index is 795. The van der Waals surface area contributed by atoms with Gasteiger partial charge in [0.05, 0.1) is 14.2 Å². The Labute approximate surface area is 159 Å². The number of ether oxygens (including phenoxy) is 2. The summed E-state index contributed by atoms with van der Waals surface area (Å²) in [5, 5.41) is 5.67. The van der Waals surface area contributed by atoms with Crippen molar-refractivity contribution in [2.45, 2.75) is 26.8 Å². The van der Waals surface area contributed by atoms with Crippen molar-refractivity contribution in [3.8, 4) is 11.5 Å². The Morgan fingerprint density at radius 2 is 1.56 bits per heavy atom. The number of carbonyl (C=O) groups excluding carboxylic acids is 2. The summed E-state index contributed by atoms with van der Waals surface area (Å²) in [6, 6.07) is 11.7. The lowest BCUT2D eigenvalue weighted by atomic mass is 10.0. The summed E-state index contributed by atoms with van der Waals surface area (Å²) in [4.78, 5) is 25.4. The predicted molar refractivity (Wildman–Crippen MR) is 105 cm³/mol. The van der Waals surface area contributed by atoms with Crippen molar-refractivity contribution < 1.29 is 19.1 Å². The predicted octanol–water partition coefficient (Wildman–Crippen LogP) is 3.41. The third-order valence-corrected chi connectivity index (χ3v) is 4.24. The van der Waals surface area contributed by atoms with E-state index in [1.165, 1.54) is 0 Å². The highest BCUT2D eigenvalue weighted by Crippen LogP contribution is 2.26. The number of benzene rings is 2. The van der Waals surface area contributed by atoms with Crippen molar-refractivity contribution in [1.29, 1.82) is 0 Å². The molecular weight excluding hydrogens is 344 g/mol. The topological polar surface area (TPSA) is 76.7 Å². The van der Waals surface area contributed by atoms with Crippen molar-refractivity contribution in [3.63, 3.8) is 0 Å². The summed E-state index contributed by atoms with van der Waals surface area (Å²) >= 11 is 0. The zero-order valence-electron chi connectivity index (χ0n) is 16.3. The molecule has 2 aromatic rings. The molecule has 144 valence electrons. The number of rotatable bonds is 7. The molecule has 6 nitrogen and oxygen atoms in total. The standard InChI is InChI=1S/C21H26N2O4/c1-13(2)19(23-20(24)18-9-7-6-8-14(18)3)21(25)22-15-10-16(26-4)12-17(11-15)27-5/h6-13,19H,1-5H3,(H,22,25)(H,23,24). The van der Waals surface area contributed by atoms with Gasteiger partial charge >= 0.3 is 0 Å². The third kappa shape index (κ3) is 5.23. The molecule has 27 heavy (non-hydrogen) atoms. The molecule has 0 fully saturated rings. The Morgan fingerprint density at radius 3 is 2.07 bits per heavy atom. The van der Waals surface area contributed by atoms with Crippen LogP contribution >= 0.6 is 0 Å². The Kier molecular flexibility index (Phi) is 6.82. The molecule has 2 N–H and O–H groups in total. The SMILES string of the molecule is COc1cc(NC(=O)C(NC(=O)c2ccccc2C)C(C)C)cc(OC)c1. The maximum absolute atomic E-state index is 12.8. The number of hydrogen-bond donors (Lipinski definition) is 2. The van der Waals surface area contributed by atoms with Crippen molar-refractivity contribution in [3.05, 3.63) is 53.6 Å². The molecular formula is C21H26N2O4. The van der Waals surface area contributed by atoms with E-state index in [4.69, 9.17) is 9.47 Å². The summed E-state index contributed by atoms with van der Waals surface area (Å²) in [6.45, 7) is 5.63. The lowest BCUT2D eigenvalue weighted by Gasteiger charge is -2.22. The second kappa shape index (κ2) is 9.07. The molecule has 1 atom stereocenters. The smallest absolute Gasteiger partial charge is 0.252 e. The van der Waals surface area contributed by atoms with E-state index in [9.17, 15) is 9.59 Å². The molecule has 2 aromatic carbocycles. The normalized spacial score (nSPS) is 11.6. The van der Waals surface area contributed by atoms with Gasteiger partial charge in [-0.1, -0.05) is 32.0 Å². The first-order valence-corrected chi connectivity index (χ1v) is 8.76. The van der Waals surface area contributed by atoms with Gasteiger partial charge < -0.3 is 20.1 Å². The van der Waals surface area contributed by atoms with E-state index in [0.717, 1.165) is 5.56 Å². The molecule has 0 aromatic heterocycles. The number of hydrogen-bond acceptors (Lipinski definition) is 4. The van der Waals surface area contributed by atoms with E-state index in [-0.39, 0.29) is 17.7 Å². The fourth-order valence-corrected chi connectivity index (χ4v) is 2.68. The fraction of sp³-hybridized carbons (Fsp3) is 0.333. The lowest BCUT2D eigenvalue weighted by Crippen LogP contribution is -2.47. The number of carbonyl (C=O) groups is 2. The Hall–Kier alpha value is -3.02. The van der Waals surface area contributed by atoms with Gasteiger partial charge in [-0.2, -0.15) is 0 Å². The molecule has 2 amide bonds. The van der Waals surface area contributed by atoms with Gasteiger partial charge in [-0.15, -0.1) is 0 Å². The average molecular weight is 370 g/mol. The van der Waals surface area contributed by atoms with Gasteiger partial charge in [-0.25, -0.2) is 0 Å². The molecule has 0 saturated carbocycles. The van der Waals surface area contributed by atoms with Gasteiger partial charge in [0, 0.05) is 29.4 Å². The zero-order chi connectivity index (χ0) is 20.0. The van der Waals surface area contributed by atoms with Crippen LogP contribution in [0.4, 0.5) is 5.69 Å². The van der Waals surface area contributed by atoms with Crippen molar-refractivity contribution in [2.24, 2.45) is 5.92 Å². The first-order valence-electron chi connectivity index (χ1n) is 8.76. The van der Waals surface area contributed by atoms with Crippen LogP contribution < -0.4 is 20.1 Å².